The summed E-state index contributed by atoms with van der Waals surface area (Å²) in [5.41, 5.74) is 4.38. The van der Waals surface area contributed by atoms with Gasteiger partial charge in [0.05, 0.1) is 21.3 Å². The van der Waals surface area contributed by atoms with Gasteiger partial charge in [-0.1, -0.05) is 17.7 Å². The van der Waals surface area contributed by atoms with Crippen LogP contribution in [0.4, 0.5) is 10.8 Å². The largest absolute Gasteiger partial charge is 0.332 e. The minimum Gasteiger partial charge on any atom is -0.332 e. The summed E-state index contributed by atoms with van der Waals surface area (Å²) >= 11 is 3.31. The van der Waals surface area contributed by atoms with Gasteiger partial charge < -0.3 is 5.32 Å². The minimum atomic E-state index is 0. The lowest BCUT2D eigenvalue weighted by atomic mass is 10.2. The molecule has 3 rings (SSSR count). The molecule has 6 heteroatoms. The van der Waals surface area contributed by atoms with Crippen molar-refractivity contribution in [3.63, 3.8) is 0 Å². The van der Waals surface area contributed by atoms with Gasteiger partial charge in [-0.05, 0) is 32.9 Å². The normalized spacial score (nSPS) is 10.2. The fourth-order valence-electron chi connectivity index (χ4n) is 1.96. The van der Waals surface area contributed by atoms with Crippen LogP contribution in [0, 0.1) is 20.8 Å². The van der Waals surface area contributed by atoms with E-state index in [-0.39, 0.29) is 17.0 Å². The Labute approximate surface area is 142 Å². The van der Waals surface area contributed by atoms with Crippen molar-refractivity contribution in [2.45, 2.75) is 20.8 Å². The van der Waals surface area contributed by atoms with Gasteiger partial charge in [0, 0.05) is 11.1 Å². The number of halogens is 1. The number of aromatic nitrogens is 2. The molecule has 0 spiro atoms. The Morgan fingerprint density at radius 1 is 1.00 bits per heavy atom. The van der Waals surface area contributed by atoms with E-state index in [4.69, 9.17) is 0 Å². The number of nitrogens with one attached hydrogen (secondary N) is 1. The van der Waals surface area contributed by atoms with E-state index in [1.165, 1.54) is 5.56 Å². The number of aryl methyl sites for hydroxylation is 3. The summed E-state index contributed by atoms with van der Waals surface area (Å²) in [6, 6.07) is 8.32. The molecule has 110 valence electrons. The molecule has 0 saturated carbocycles. The summed E-state index contributed by atoms with van der Waals surface area (Å²) in [6.07, 6.45) is 0. The quantitative estimate of drug-likeness (QED) is 0.649. The molecule has 2 heterocycles. The lowest BCUT2D eigenvalue weighted by molar-refractivity contribution is 1.20. The van der Waals surface area contributed by atoms with Crippen LogP contribution in [0.25, 0.3) is 10.6 Å². The molecule has 3 nitrogen and oxygen atoms in total. The summed E-state index contributed by atoms with van der Waals surface area (Å²) in [5.74, 6) is 0. The second kappa shape index (κ2) is 6.68. The molecule has 1 N–H and O–H groups in total. The molecular formula is C15H16BrN3S2. The molecule has 2 aromatic heterocycles. The van der Waals surface area contributed by atoms with Gasteiger partial charge >= 0.3 is 0 Å². The number of benzene rings is 1. The highest BCUT2D eigenvalue weighted by molar-refractivity contribution is 8.93. The Kier molecular flexibility index (Phi) is 5.13. The molecule has 0 fully saturated rings. The predicted octanol–water partition coefficient (Wildman–Crippen LogP) is 5.51. The van der Waals surface area contributed by atoms with Crippen LogP contribution >= 0.6 is 39.7 Å². The molecule has 3 aromatic rings. The molecule has 1 aromatic carbocycles. The van der Waals surface area contributed by atoms with Crippen LogP contribution in [0.2, 0.25) is 0 Å². The first kappa shape index (κ1) is 16.1. The van der Waals surface area contributed by atoms with Crippen LogP contribution in [0.15, 0.2) is 29.6 Å². The van der Waals surface area contributed by atoms with Crippen LogP contribution in [-0.4, -0.2) is 9.97 Å². The van der Waals surface area contributed by atoms with Gasteiger partial charge in [0.2, 0.25) is 0 Å². The Hall–Kier alpha value is -1.24. The number of rotatable bonds is 3. The van der Waals surface area contributed by atoms with E-state index in [1.54, 1.807) is 22.7 Å². The highest BCUT2D eigenvalue weighted by atomic mass is 79.9. The number of hydrogen-bond donors (Lipinski definition) is 1. The molecule has 0 aliphatic rings. The molecule has 0 aliphatic carbocycles. The number of thiazole rings is 2. The zero-order valence-corrected chi connectivity index (χ0v) is 15.4. The monoisotopic (exact) mass is 381 g/mol. The van der Waals surface area contributed by atoms with E-state index in [0.29, 0.717) is 0 Å². The molecule has 0 radical (unpaired) electrons. The Bertz CT molecular complexity index is 732. The smallest absolute Gasteiger partial charge is 0.187 e. The first-order chi connectivity index (χ1) is 9.61. The molecule has 0 atom stereocenters. The van der Waals surface area contributed by atoms with E-state index >= 15 is 0 Å². The van der Waals surface area contributed by atoms with Gasteiger partial charge in [0.25, 0.3) is 0 Å². The standard InChI is InChI=1S/C15H15N3S2.BrH/c1-9-4-6-12(7-5-9)17-15-18-13(8-19-15)14-10(2)16-11(3)20-14;/h4-8H,1-3H3,(H,17,18);1H. The highest BCUT2D eigenvalue weighted by Gasteiger charge is 2.11. The van der Waals surface area contributed by atoms with Crippen molar-refractivity contribution < 1.29 is 0 Å². The average molecular weight is 382 g/mol. The van der Waals surface area contributed by atoms with Gasteiger partial charge in [-0.25, -0.2) is 9.97 Å². The van der Waals surface area contributed by atoms with Crippen molar-refractivity contribution in [3.05, 3.63) is 45.9 Å². The first-order valence-corrected chi connectivity index (χ1v) is 8.05. The van der Waals surface area contributed by atoms with Gasteiger partial charge in [-0.2, -0.15) is 0 Å². The lowest BCUT2D eigenvalue weighted by Crippen LogP contribution is -1.89. The SMILES string of the molecule is Br.Cc1ccc(Nc2nc(-c3sc(C)nc3C)cs2)cc1. The molecule has 21 heavy (non-hydrogen) atoms. The number of anilines is 2. The molecule has 0 unspecified atom stereocenters. The minimum absolute atomic E-state index is 0. The van der Waals surface area contributed by atoms with E-state index in [0.717, 1.165) is 32.1 Å². The van der Waals surface area contributed by atoms with Crippen molar-refractivity contribution in [2.24, 2.45) is 0 Å². The Morgan fingerprint density at radius 2 is 1.71 bits per heavy atom. The highest BCUT2D eigenvalue weighted by Crippen LogP contribution is 2.32. The van der Waals surface area contributed by atoms with E-state index in [9.17, 15) is 0 Å². The molecule has 0 amide bonds. The van der Waals surface area contributed by atoms with Crippen molar-refractivity contribution in [3.8, 4) is 10.6 Å². The van der Waals surface area contributed by atoms with Crippen LogP contribution in [-0.2, 0) is 0 Å². The third-order valence-corrected chi connectivity index (χ3v) is 4.80. The zero-order chi connectivity index (χ0) is 14.1. The summed E-state index contributed by atoms with van der Waals surface area (Å²) < 4.78 is 0. The number of hydrogen-bond acceptors (Lipinski definition) is 5. The van der Waals surface area contributed by atoms with Gasteiger partial charge in [-0.15, -0.1) is 39.7 Å². The van der Waals surface area contributed by atoms with Crippen molar-refractivity contribution in [1.29, 1.82) is 0 Å². The topological polar surface area (TPSA) is 37.8 Å². The van der Waals surface area contributed by atoms with Crippen molar-refractivity contribution >= 4 is 50.5 Å². The summed E-state index contributed by atoms with van der Waals surface area (Å²) in [5, 5.41) is 7.41. The van der Waals surface area contributed by atoms with E-state index < -0.39 is 0 Å². The predicted molar refractivity (Wildman–Crippen MR) is 97.5 cm³/mol. The third kappa shape index (κ3) is 3.70. The van der Waals surface area contributed by atoms with Crippen LogP contribution in [0.1, 0.15) is 16.3 Å². The zero-order valence-electron chi connectivity index (χ0n) is 12.0. The summed E-state index contributed by atoms with van der Waals surface area (Å²) in [4.78, 5) is 10.3. The van der Waals surface area contributed by atoms with Crippen molar-refractivity contribution in [2.75, 3.05) is 5.32 Å². The average Bonchev–Trinajstić information content (AvgIpc) is 2.99. The van der Waals surface area contributed by atoms with Crippen molar-refractivity contribution in [1.82, 2.24) is 9.97 Å². The maximum Gasteiger partial charge on any atom is 0.187 e. The second-order valence-corrected chi connectivity index (χ2v) is 6.74. The second-order valence-electron chi connectivity index (χ2n) is 4.68. The van der Waals surface area contributed by atoms with Gasteiger partial charge in [0.1, 0.15) is 0 Å². The molecule has 0 aliphatic heterocycles. The van der Waals surface area contributed by atoms with Crippen LogP contribution < -0.4 is 5.32 Å². The molecule has 0 bridgehead atoms. The lowest BCUT2D eigenvalue weighted by Gasteiger charge is -2.02. The Morgan fingerprint density at radius 3 is 2.33 bits per heavy atom. The fraction of sp³-hybridized carbons (Fsp3) is 0.200. The molecule has 0 saturated heterocycles. The summed E-state index contributed by atoms with van der Waals surface area (Å²) in [6.45, 7) is 6.14. The van der Waals surface area contributed by atoms with Crippen LogP contribution in [0.3, 0.4) is 0 Å². The molecular weight excluding hydrogens is 366 g/mol. The van der Waals surface area contributed by atoms with Gasteiger partial charge in [-0.3, -0.25) is 0 Å². The summed E-state index contributed by atoms with van der Waals surface area (Å²) in [7, 11) is 0. The first-order valence-electron chi connectivity index (χ1n) is 6.35. The van der Waals surface area contributed by atoms with E-state index in [1.807, 2.05) is 13.8 Å². The third-order valence-electron chi connectivity index (χ3n) is 2.94. The fourth-order valence-corrected chi connectivity index (χ4v) is 3.64. The van der Waals surface area contributed by atoms with E-state index in [2.05, 4.69) is 51.9 Å². The maximum absolute atomic E-state index is 4.65. The Balaban J connectivity index is 0.00000161. The number of nitrogens with zero attached hydrogens (tertiary/aromatic N) is 2. The van der Waals surface area contributed by atoms with Gasteiger partial charge in [0.15, 0.2) is 5.13 Å². The van der Waals surface area contributed by atoms with Crippen LogP contribution in [0.5, 0.6) is 0 Å². The maximum atomic E-state index is 4.65.